The van der Waals surface area contributed by atoms with E-state index in [0.717, 1.165) is 19.2 Å². The highest BCUT2D eigenvalue weighted by atomic mass is 19.4. The van der Waals surface area contributed by atoms with Gasteiger partial charge in [0, 0.05) is 39.3 Å². The number of halogens is 3. The summed E-state index contributed by atoms with van der Waals surface area (Å²) in [4.78, 5) is 15.6. The molecule has 0 radical (unpaired) electrons. The van der Waals surface area contributed by atoms with Gasteiger partial charge in [-0.3, -0.25) is 14.4 Å². The third-order valence-corrected chi connectivity index (χ3v) is 4.64. The van der Waals surface area contributed by atoms with Crippen LogP contribution in [0.1, 0.15) is 16.1 Å². The van der Waals surface area contributed by atoms with Gasteiger partial charge in [-0.2, -0.15) is 18.3 Å². The van der Waals surface area contributed by atoms with E-state index in [-0.39, 0.29) is 5.91 Å². The molecule has 9 heteroatoms. The van der Waals surface area contributed by atoms with Crippen molar-refractivity contribution in [2.24, 2.45) is 0 Å². The van der Waals surface area contributed by atoms with E-state index < -0.39 is 11.9 Å². The van der Waals surface area contributed by atoms with Crippen LogP contribution in [0.4, 0.5) is 13.2 Å². The average Bonchev–Trinajstić information content (AvgIpc) is 3.11. The zero-order chi connectivity index (χ0) is 20.3. The first-order valence-electron chi connectivity index (χ1n) is 9.03. The SMILES string of the molecule is CN(C)C(=O)c1ccc(-c2cc(C(F)(F)F)nn2CCN2CCOCC2)cc1. The Morgan fingerprint density at radius 3 is 2.36 bits per heavy atom. The number of benzene rings is 1. The van der Waals surface area contributed by atoms with Crippen molar-refractivity contribution in [3.05, 3.63) is 41.6 Å². The molecule has 1 aliphatic rings. The summed E-state index contributed by atoms with van der Waals surface area (Å²) in [5.74, 6) is -0.164. The van der Waals surface area contributed by atoms with Gasteiger partial charge in [0.1, 0.15) is 0 Å². The molecule has 2 aromatic rings. The molecule has 2 heterocycles. The van der Waals surface area contributed by atoms with E-state index in [1.807, 2.05) is 0 Å². The van der Waals surface area contributed by atoms with Gasteiger partial charge in [0.25, 0.3) is 5.91 Å². The summed E-state index contributed by atoms with van der Waals surface area (Å²) in [6.07, 6.45) is -4.51. The minimum atomic E-state index is -4.51. The molecule has 1 saturated heterocycles. The average molecular weight is 396 g/mol. The van der Waals surface area contributed by atoms with Gasteiger partial charge < -0.3 is 9.64 Å². The van der Waals surface area contributed by atoms with Crippen LogP contribution in [0.3, 0.4) is 0 Å². The maximum absolute atomic E-state index is 13.2. The van der Waals surface area contributed by atoms with E-state index in [2.05, 4.69) is 10.00 Å². The topological polar surface area (TPSA) is 50.6 Å². The first kappa shape index (κ1) is 20.3. The van der Waals surface area contributed by atoms with Crippen LogP contribution in [0.2, 0.25) is 0 Å². The number of alkyl halides is 3. The fourth-order valence-electron chi connectivity index (χ4n) is 3.06. The third-order valence-electron chi connectivity index (χ3n) is 4.64. The van der Waals surface area contributed by atoms with Crippen molar-refractivity contribution in [1.29, 1.82) is 0 Å². The maximum Gasteiger partial charge on any atom is 0.435 e. The van der Waals surface area contributed by atoms with E-state index in [4.69, 9.17) is 4.74 Å². The summed E-state index contributed by atoms with van der Waals surface area (Å²) >= 11 is 0. The van der Waals surface area contributed by atoms with E-state index in [0.29, 0.717) is 43.1 Å². The van der Waals surface area contributed by atoms with Crippen LogP contribution in [0, 0.1) is 0 Å². The summed E-state index contributed by atoms with van der Waals surface area (Å²) in [7, 11) is 3.29. The quantitative estimate of drug-likeness (QED) is 0.780. The lowest BCUT2D eigenvalue weighted by atomic mass is 10.1. The lowest BCUT2D eigenvalue weighted by molar-refractivity contribution is -0.141. The molecule has 3 rings (SSSR count). The van der Waals surface area contributed by atoms with Crippen LogP contribution in [-0.4, -0.2) is 72.4 Å². The van der Waals surface area contributed by atoms with Crippen LogP contribution in [0.25, 0.3) is 11.3 Å². The molecule has 0 spiro atoms. The maximum atomic E-state index is 13.2. The van der Waals surface area contributed by atoms with Crippen LogP contribution >= 0.6 is 0 Å². The van der Waals surface area contributed by atoms with Gasteiger partial charge in [-0.15, -0.1) is 0 Å². The summed E-state index contributed by atoms with van der Waals surface area (Å²) < 4.78 is 46.3. The van der Waals surface area contributed by atoms with Crippen molar-refractivity contribution in [1.82, 2.24) is 19.6 Å². The summed E-state index contributed by atoms with van der Waals surface area (Å²) in [5.41, 5.74) is 0.520. The van der Waals surface area contributed by atoms with Crippen LogP contribution in [-0.2, 0) is 17.5 Å². The Labute approximate surface area is 161 Å². The third kappa shape index (κ3) is 4.71. The van der Waals surface area contributed by atoms with Crippen molar-refractivity contribution in [3.8, 4) is 11.3 Å². The van der Waals surface area contributed by atoms with E-state index in [1.165, 1.54) is 9.58 Å². The van der Waals surface area contributed by atoms with Crippen molar-refractivity contribution >= 4 is 5.91 Å². The molecule has 0 N–H and O–H groups in total. The number of ether oxygens (including phenoxy) is 1. The van der Waals surface area contributed by atoms with Gasteiger partial charge in [-0.1, -0.05) is 12.1 Å². The number of carbonyl (C=O) groups is 1. The number of hydrogen-bond donors (Lipinski definition) is 0. The molecule has 0 atom stereocenters. The van der Waals surface area contributed by atoms with E-state index >= 15 is 0 Å². The van der Waals surface area contributed by atoms with E-state index in [9.17, 15) is 18.0 Å². The number of nitrogens with zero attached hydrogens (tertiary/aromatic N) is 4. The molecule has 6 nitrogen and oxygen atoms in total. The molecular weight excluding hydrogens is 373 g/mol. The van der Waals surface area contributed by atoms with Crippen LogP contribution in [0.5, 0.6) is 0 Å². The molecule has 1 aromatic carbocycles. The molecule has 0 aliphatic carbocycles. The first-order valence-corrected chi connectivity index (χ1v) is 9.03. The minimum absolute atomic E-state index is 0.164. The highest BCUT2D eigenvalue weighted by Gasteiger charge is 2.35. The lowest BCUT2D eigenvalue weighted by Crippen LogP contribution is -2.38. The molecule has 1 aliphatic heterocycles. The van der Waals surface area contributed by atoms with Crippen molar-refractivity contribution in [3.63, 3.8) is 0 Å². The number of aromatic nitrogens is 2. The van der Waals surface area contributed by atoms with Gasteiger partial charge in [0.2, 0.25) is 0 Å². The molecule has 1 fully saturated rings. The smallest absolute Gasteiger partial charge is 0.379 e. The number of carbonyl (C=O) groups excluding carboxylic acids is 1. The van der Waals surface area contributed by atoms with Gasteiger partial charge in [0.15, 0.2) is 5.69 Å². The Hall–Kier alpha value is -2.39. The Kier molecular flexibility index (Phi) is 6.04. The molecule has 0 bridgehead atoms. The fourth-order valence-corrected chi connectivity index (χ4v) is 3.06. The first-order chi connectivity index (χ1) is 13.3. The van der Waals surface area contributed by atoms with Gasteiger partial charge in [-0.05, 0) is 23.8 Å². The van der Waals surface area contributed by atoms with Crippen molar-refractivity contribution in [2.75, 3.05) is 46.9 Å². The zero-order valence-corrected chi connectivity index (χ0v) is 15.9. The monoisotopic (exact) mass is 396 g/mol. The number of morpholine rings is 1. The fraction of sp³-hybridized carbons (Fsp3) is 0.474. The molecule has 152 valence electrons. The lowest BCUT2D eigenvalue weighted by Gasteiger charge is -2.26. The Bertz CT molecular complexity index is 810. The van der Waals surface area contributed by atoms with Crippen molar-refractivity contribution < 1.29 is 22.7 Å². The molecule has 1 aromatic heterocycles. The molecule has 0 unspecified atom stereocenters. The van der Waals surface area contributed by atoms with Gasteiger partial charge in [0.05, 0.1) is 25.5 Å². The molecule has 1 amide bonds. The summed E-state index contributed by atoms with van der Waals surface area (Å²) in [6.45, 7) is 3.69. The Morgan fingerprint density at radius 1 is 1.14 bits per heavy atom. The largest absolute Gasteiger partial charge is 0.435 e. The Morgan fingerprint density at radius 2 is 1.79 bits per heavy atom. The predicted octanol–water partition coefficient (Wildman–Crippen LogP) is 2.60. The molecular formula is C19H23F3N4O2. The molecule has 28 heavy (non-hydrogen) atoms. The van der Waals surface area contributed by atoms with E-state index in [1.54, 1.807) is 38.4 Å². The zero-order valence-electron chi connectivity index (χ0n) is 15.9. The molecule has 0 saturated carbocycles. The van der Waals surface area contributed by atoms with Crippen LogP contribution < -0.4 is 0 Å². The second-order valence-electron chi connectivity index (χ2n) is 6.87. The predicted molar refractivity (Wildman–Crippen MR) is 97.9 cm³/mol. The Balaban J connectivity index is 1.85. The minimum Gasteiger partial charge on any atom is -0.379 e. The number of rotatable bonds is 5. The van der Waals surface area contributed by atoms with Gasteiger partial charge in [-0.25, -0.2) is 0 Å². The number of amides is 1. The second kappa shape index (κ2) is 8.32. The normalized spacial score (nSPS) is 15.6. The standard InChI is InChI=1S/C19H23F3N4O2/c1-24(2)18(27)15-5-3-14(4-6-15)16-13-17(19(20,21)22)23-26(16)8-7-25-9-11-28-12-10-25/h3-6,13H,7-12H2,1-2H3. The second-order valence-corrected chi connectivity index (χ2v) is 6.87. The number of hydrogen-bond acceptors (Lipinski definition) is 4. The highest BCUT2D eigenvalue weighted by molar-refractivity contribution is 5.94. The van der Waals surface area contributed by atoms with Crippen LogP contribution in [0.15, 0.2) is 30.3 Å². The summed E-state index contributed by atoms with van der Waals surface area (Å²) in [5, 5.41) is 3.79. The summed E-state index contributed by atoms with van der Waals surface area (Å²) in [6, 6.07) is 7.59. The van der Waals surface area contributed by atoms with Gasteiger partial charge >= 0.3 is 6.18 Å². The highest BCUT2D eigenvalue weighted by Crippen LogP contribution is 2.32. The van der Waals surface area contributed by atoms with Crippen molar-refractivity contribution in [2.45, 2.75) is 12.7 Å².